The van der Waals surface area contributed by atoms with E-state index in [0.717, 1.165) is 12.3 Å². The fourth-order valence-corrected chi connectivity index (χ4v) is 3.90. The molecule has 1 N–H and O–H groups in total. The van der Waals surface area contributed by atoms with E-state index in [0.29, 0.717) is 12.8 Å². The Balaban J connectivity index is 2.27. The van der Waals surface area contributed by atoms with Gasteiger partial charge in [-0.15, -0.1) is 0 Å². The number of sulfone groups is 1. The monoisotopic (exact) mass is 323 g/mol. The van der Waals surface area contributed by atoms with Gasteiger partial charge in [-0.25, -0.2) is 18.4 Å². The van der Waals surface area contributed by atoms with Crippen molar-refractivity contribution in [3.63, 3.8) is 0 Å². The van der Waals surface area contributed by atoms with Crippen molar-refractivity contribution in [2.75, 3.05) is 11.6 Å². The summed E-state index contributed by atoms with van der Waals surface area (Å²) in [6.07, 6.45) is -2.46. The fraction of sp³-hybridized carbons (Fsp3) is 0.667. The number of hydrogen-bond acceptors (Lipinski definition) is 5. The minimum Gasteiger partial charge on any atom is -0.350 e. The lowest BCUT2D eigenvalue weighted by molar-refractivity contribution is -0.141. The van der Waals surface area contributed by atoms with Crippen molar-refractivity contribution in [3.8, 4) is 0 Å². The highest BCUT2D eigenvalue weighted by Gasteiger charge is 2.56. The molecule has 1 unspecified atom stereocenters. The van der Waals surface area contributed by atoms with Gasteiger partial charge in [-0.05, 0) is 32.8 Å². The Kier molecular flexibility index (Phi) is 3.67. The van der Waals surface area contributed by atoms with Crippen molar-refractivity contribution in [2.45, 2.75) is 43.7 Å². The summed E-state index contributed by atoms with van der Waals surface area (Å²) in [4.78, 5) is 7.32. The normalized spacial score (nSPS) is 19.1. The van der Waals surface area contributed by atoms with E-state index in [4.69, 9.17) is 0 Å². The summed E-state index contributed by atoms with van der Waals surface area (Å²) in [7, 11) is -3.30. The van der Waals surface area contributed by atoms with Crippen molar-refractivity contribution in [1.82, 2.24) is 9.97 Å². The number of rotatable bonds is 4. The van der Waals surface area contributed by atoms with Crippen LogP contribution in [0.1, 0.15) is 31.2 Å². The molecule has 0 aliphatic heterocycles. The van der Waals surface area contributed by atoms with Crippen LogP contribution >= 0.6 is 0 Å². The van der Waals surface area contributed by atoms with Gasteiger partial charge >= 0.3 is 6.18 Å². The zero-order valence-electron chi connectivity index (χ0n) is 11.8. The van der Waals surface area contributed by atoms with Gasteiger partial charge in [-0.1, -0.05) is 0 Å². The molecule has 1 aromatic rings. The molecule has 0 radical (unpaired) electrons. The Labute approximate surface area is 120 Å². The van der Waals surface area contributed by atoms with E-state index >= 15 is 0 Å². The lowest BCUT2D eigenvalue weighted by Gasteiger charge is -2.23. The maximum absolute atomic E-state index is 12.7. The first-order valence-corrected chi connectivity index (χ1v) is 8.24. The summed E-state index contributed by atoms with van der Waals surface area (Å²) < 4.78 is 60.7. The van der Waals surface area contributed by atoms with Crippen LogP contribution in [0.3, 0.4) is 0 Å². The molecule has 1 fully saturated rings. The molecule has 118 valence electrons. The van der Waals surface area contributed by atoms with Crippen molar-refractivity contribution < 1.29 is 21.6 Å². The van der Waals surface area contributed by atoms with Gasteiger partial charge in [0.2, 0.25) is 5.95 Å². The molecule has 1 aliphatic rings. The van der Waals surface area contributed by atoms with Crippen LogP contribution in [0.2, 0.25) is 0 Å². The molecule has 1 atom stereocenters. The molecule has 5 nitrogen and oxygen atoms in total. The van der Waals surface area contributed by atoms with Gasteiger partial charge < -0.3 is 5.32 Å². The van der Waals surface area contributed by atoms with Crippen LogP contribution in [0.25, 0.3) is 0 Å². The fourth-order valence-electron chi connectivity index (χ4n) is 2.35. The summed E-state index contributed by atoms with van der Waals surface area (Å²) in [6, 6.07) is 0.287. The minimum absolute atomic E-state index is 0.163. The van der Waals surface area contributed by atoms with E-state index < -0.39 is 32.5 Å². The highest BCUT2D eigenvalue weighted by atomic mass is 32.2. The standard InChI is InChI=1S/C12H16F3N3O2S/c1-7-6-9(12(13,14)15)18-10(16-7)17-8(2)11(4-5-11)21(3,19)20/h6,8H,4-5H2,1-3H3,(H,16,17,18). The van der Waals surface area contributed by atoms with Gasteiger partial charge in [0, 0.05) is 18.0 Å². The maximum Gasteiger partial charge on any atom is 0.433 e. The molecule has 1 heterocycles. The van der Waals surface area contributed by atoms with Gasteiger partial charge in [-0.3, -0.25) is 0 Å². The summed E-state index contributed by atoms with van der Waals surface area (Å²) in [6.45, 7) is 3.04. The average Bonchev–Trinajstić information content (AvgIpc) is 3.06. The third-order valence-electron chi connectivity index (χ3n) is 3.76. The van der Waals surface area contributed by atoms with Crippen LogP contribution < -0.4 is 5.32 Å². The minimum atomic E-state index is -4.57. The van der Waals surface area contributed by atoms with Gasteiger partial charge in [-0.2, -0.15) is 13.2 Å². The number of nitrogens with zero attached hydrogens (tertiary/aromatic N) is 2. The molecule has 9 heteroatoms. The molecule has 21 heavy (non-hydrogen) atoms. The molecule has 1 saturated carbocycles. The molecule has 0 spiro atoms. The summed E-state index contributed by atoms with van der Waals surface area (Å²) in [5.41, 5.74) is -0.884. The topological polar surface area (TPSA) is 72.0 Å². The zero-order chi connectivity index (χ0) is 16.1. The van der Waals surface area contributed by atoms with E-state index in [9.17, 15) is 21.6 Å². The molecule has 0 saturated heterocycles. The first-order valence-electron chi connectivity index (χ1n) is 6.35. The number of hydrogen-bond donors (Lipinski definition) is 1. The molecule has 1 aliphatic carbocycles. The second-order valence-corrected chi connectivity index (χ2v) is 7.78. The molecule has 2 rings (SSSR count). The van der Waals surface area contributed by atoms with Gasteiger partial charge in [0.25, 0.3) is 0 Å². The van der Waals surface area contributed by atoms with Crippen LogP contribution in [-0.4, -0.2) is 35.4 Å². The Morgan fingerprint density at radius 2 is 1.90 bits per heavy atom. The van der Waals surface area contributed by atoms with Gasteiger partial charge in [0.05, 0.1) is 4.75 Å². The van der Waals surface area contributed by atoms with Gasteiger partial charge in [0.1, 0.15) is 5.69 Å². The zero-order valence-corrected chi connectivity index (χ0v) is 12.6. The van der Waals surface area contributed by atoms with Crippen LogP contribution in [-0.2, 0) is 16.0 Å². The number of anilines is 1. The number of aromatic nitrogens is 2. The summed E-state index contributed by atoms with van der Waals surface area (Å²) in [5.74, 6) is -0.204. The second-order valence-electron chi connectivity index (χ2n) is 5.42. The number of halogens is 3. The van der Waals surface area contributed by atoms with E-state index in [-0.39, 0.29) is 11.6 Å². The average molecular weight is 323 g/mol. The first kappa shape index (κ1) is 16.0. The predicted octanol–water partition coefficient (Wildman–Crippen LogP) is 2.18. The van der Waals surface area contributed by atoms with E-state index in [1.165, 1.54) is 6.92 Å². The smallest absolute Gasteiger partial charge is 0.350 e. The molecule has 0 aromatic carbocycles. The molecular weight excluding hydrogens is 307 g/mol. The lowest BCUT2D eigenvalue weighted by atomic mass is 10.2. The number of aryl methyl sites for hydroxylation is 1. The Morgan fingerprint density at radius 3 is 2.33 bits per heavy atom. The van der Waals surface area contributed by atoms with Crippen molar-refractivity contribution >= 4 is 15.8 Å². The molecular formula is C12H16F3N3O2S. The second kappa shape index (κ2) is 4.82. The Hall–Kier alpha value is -1.38. The van der Waals surface area contributed by atoms with E-state index in [2.05, 4.69) is 15.3 Å². The third kappa shape index (κ3) is 3.12. The predicted molar refractivity (Wildman–Crippen MR) is 71.7 cm³/mol. The van der Waals surface area contributed by atoms with Crippen LogP contribution in [0.15, 0.2) is 6.07 Å². The largest absolute Gasteiger partial charge is 0.433 e. The van der Waals surface area contributed by atoms with Crippen LogP contribution in [0, 0.1) is 6.92 Å². The van der Waals surface area contributed by atoms with Crippen LogP contribution in [0.5, 0.6) is 0 Å². The Morgan fingerprint density at radius 1 is 1.33 bits per heavy atom. The maximum atomic E-state index is 12.7. The number of nitrogens with one attached hydrogen (secondary N) is 1. The lowest BCUT2D eigenvalue weighted by Crippen LogP contribution is -2.39. The Bertz CT molecular complexity index is 654. The van der Waals surface area contributed by atoms with Gasteiger partial charge in [0.15, 0.2) is 9.84 Å². The molecule has 0 bridgehead atoms. The number of alkyl halides is 3. The van der Waals surface area contributed by atoms with Crippen molar-refractivity contribution in [1.29, 1.82) is 0 Å². The first-order chi connectivity index (χ1) is 9.46. The summed E-state index contributed by atoms with van der Waals surface area (Å²) >= 11 is 0. The SMILES string of the molecule is Cc1cc(C(F)(F)F)nc(NC(C)C2(S(C)(=O)=O)CC2)n1. The highest BCUT2D eigenvalue weighted by molar-refractivity contribution is 7.92. The molecule has 1 aromatic heterocycles. The summed E-state index contributed by atoms with van der Waals surface area (Å²) in [5, 5.41) is 2.70. The highest BCUT2D eigenvalue weighted by Crippen LogP contribution is 2.46. The quantitative estimate of drug-likeness (QED) is 0.919. The van der Waals surface area contributed by atoms with Crippen molar-refractivity contribution in [3.05, 3.63) is 17.5 Å². The van der Waals surface area contributed by atoms with E-state index in [1.807, 2.05) is 0 Å². The van der Waals surface area contributed by atoms with Crippen LogP contribution in [0.4, 0.5) is 19.1 Å². The third-order valence-corrected chi connectivity index (χ3v) is 6.00. The molecule has 0 amide bonds. The van der Waals surface area contributed by atoms with E-state index in [1.54, 1.807) is 6.92 Å². The van der Waals surface area contributed by atoms with Crippen molar-refractivity contribution in [2.24, 2.45) is 0 Å².